The van der Waals surface area contributed by atoms with E-state index in [4.69, 9.17) is 27.9 Å². The molecule has 0 aliphatic carbocycles. The first-order chi connectivity index (χ1) is 13.6. The zero-order chi connectivity index (χ0) is 19.9. The minimum Gasteiger partial charge on any atom is -0.497 e. The Balaban J connectivity index is 0.00000300. The first-order valence-corrected chi connectivity index (χ1v) is 11.7. The first-order valence-electron chi connectivity index (χ1n) is 8.85. The van der Waals surface area contributed by atoms with Gasteiger partial charge in [0.1, 0.15) is 11.6 Å². The lowest BCUT2D eigenvalue weighted by atomic mass is 10.2. The van der Waals surface area contributed by atoms with Crippen LogP contribution in [0.4, 0.5) is 5.82 Å². The number of ether oxygens (including phenoxy) is 1. The van der Waals surface area contributed by atoms with Crippen LogP contribution in [0.3, 0.4) is 0 Å². The van der Waals surface area contributed by atoms with Crippen molar-refractivity contribution in [2.24, 2.45) is 0 Å². The molecule has 1 N–H and O–H groups in total. The van der Waals surface area contributed by atoms with E-state index in [1.165, 1.54) is 0 Å². The monoisotopic (exact) mass is 489 g/mol. The van der Waals surface area contributed by atoms with E-state index in [2.05, 4.69) is 22.2 Å². The summed E-state index contributed by atoms with van der Waals surface area (Å²) < 4.78 is 5.35. The number of nitrogens with one attached hydrogen (secondary N) is 1. The summed E-state index contributed by atoms with van der Waals surface area (Å²) in [6.45, 7) is 2.86. The maximum absolute atomic E-state index is 6.23. The minimum absolute atomic E-state index is 0. The molecule has 0 aliphatic heterocycles. The van der Waals surface area contributed by atoms with Crippen LogP contribution in [0.25, 0.3) is 10.9 Å². The summed E-state index contributed by atoms with van der Waals surface area (Å²) in [5, 5.41) is 6.60. The normalized spacial score (nSPS) is 10.6. The molecule has 1 heterocycles. The highest BCUT2D eigenvalue weighted by Gasteiger charge is 2.10. The number of aromatic nitrogens is 2. The van der Waals surface area contributed by atoms with Crippen molar-refractivity contribution in [3.63, 3.8) is 0 Å². The number of fused-ring (bicyclic) bond motifs is 1. The fourth-order valence-corrected chi connectivity index (χ4v) is 4.80. The highest BCUT2D eigenvalue weighted by atomic mass is 35.5. The number of hydrogen-bond acceptors (Lipinski definition) is 6. The number of methoxy groups -OCH3 is 1. The molecule has 0 amide bonds. The van der Waals surface area contributed by atoms with Crippen LogP contribution < -0.4 is 10.1 Å². The molecule has 0 radical (unpaired) electrons. The molecule has 156 valence electrons. The third-order valence-electron chi connectivity index (χ3n) is 4.00. The summed E-state index contributed by atoms with van der Waals surface area (Å²) >= 11 is 15.9. The molecule has 3 aromatic rings. The van der Waals surface area contributed by atoms with Crippen molar-refractivity contribution in [3.8, 4) is 5.75 Å². The zero-order valence-corrected chi connectivity index (χ0v) is 20.0. The third kappa shape index (κ3) is 6.46. The van der Waals surface area contributed by atoms with Gasteiger partial charge in [-0.05, 0) is 41.6 Å². The highest BCUT2D eigenvalue weighted by molar-refractivity contribution is 7.99. The maximum atomic E-state index is 6.23. The second-order valence-electron chi connectivity index (χ2n) is 5.85. The molecule has 29 heavy (non-hydrogen) atoms. The van der Waals surface area contributed by atoms with Crippen LogP contribution >= 0.6 is 59.1 Å². The molecular weight excluding hydrogens is 469 g/mol. The van der Waals surface area contributed by atoms with Crippen molar-refractivity contribution in [3.05, 3.63) is 52.0 Å². The van der Waals surface area contributed by atoms with Crippen molar-refractivity contribution in [1.82, 2.24) is 9.97 Å². The molecule has 0 saturated heterocycles. The second-order valence-corrected chi connectivity index (χ2v) is 9.00. The molecule has 1 aromatic heterocycles. The Bertz CT molecular complexity index is 939. The van der Waals surface area contributed by atoms with Gasteiger partial charge in [-0.15, -0.1) is 12.4 Å². The van der Waals surface area contributed by atoms with Crippen molar-refractivity contribution in [1.29, 1.82) is 0 Å². The number of anilines is 1. The van der Waals surface area contributed by atoms with Crippen LogP contribution in [-0.4, -0.2) is 35.1 Å². The van der Waals surface area contributed by atoms with Crippen LogP contribution in [-0.2, 0) is 5.75 Å². The lowest BCUT2D eigenvalue weighted by Crippen LogP contribution is -2.08. The summed E-state index contributed by atoms with van der Waals surface area (Å²) in [5.74, 6) is 4.21. The Morgan fingerprint density at radius 2 is 1.86 bits per heavy atom. The van der Waals surface area contributed by atoms with Gasteiger partial charge in [0.25, 0.3) is 0 Å². The molecule has 0 aliphatic rings. The molecule has 9 heteroatoms. The van der Waals surface area contributed by atoms with Gasteiger partial charge in [-0.3, -0.25) is 0 Å². The fourth-order valence-electron chi connectivity index (χ4n) is 2.63. The maximum Gasteiger partial charge on any atom is 0.190 e. The van der Waals surface area contributed by atoms with Gasteiger partial charge in [0.2, 0.25) is 0 Å². The summed E-state index contributed by atoms with van der Waals surface area (Å²) in [6.07, 6.45) is 0. The Kier molecular flexibility index (Phi) is 9.99. The summed E-state index contributed by atoms with van der Waals surface area (Å²) in [6, 6.07) is 11.5. The van der Waals surface area contributed by atoms with E-state index in [1.54, 1.807) is 30.6 Å². The molecule has 0 saturated carbocycles. The topological polar surface area (TPSA) is 47.0 Å². The first kappa shape index (κ1) is 24.2. The molecule has 0 bridgehead atoms. The van der Waals surface area contributed by atoms with E-state index < -0.39 is 0 Å². The van der Waals surface area contributed by atoms with Gasteiger partial charge in [0.05, 0.1) is 12.6 Å². The van der Waals surface area contributed by atoms with E-state index >= 15 is 0 Å². The van der Waals surface area contributed by atoms with Crippen molar-refractivity contribution in [2.75, 3.05) is 30.5 Å². The lowest BCUT2D eigenvalue weighted by Gasteiger charge is -2.12. The van der Waals surface area contributed by atoms with Gasteiger partial charge in [0, 0.05) is 33.5 Å². The number of nitrogens with zero attached hydrogens (tertiary/aromatic N) is 2. The summed E-state index contributed by atoms with van der Waals surface area (Å²) in [7, 11) is 1.66. The molecular formula is C20H22Cl3N3OS2. The van der Waals surface area contributed by atoms with Crippen molar-refractivity contribution >= 4 is 75.9 Å². The molecule has 2 aromatic carbocycles. The lowest BCUT2D eigenvalue weighted by molar-refractivity contribution is 0.415. The molecule has 3 rings (SSSR count). The van der Waals surface area contributed by atoms with Crippen LogP contribution in [0.1, 0.15) is 12.5 Å². The van der Waals surface area contributed by atoms with E-state index in [9.17, 15) is 0 Å². The van der Waals surface area contributed by atoms with E-state index in [0.29, 0.717) is 10.0 Å². The molecule has 0 unspecified atom stereocenters. The number of halogens is 3. The number of thioether (sulfide) groups is 2. The standard InChI is InChI=1S/C20H21Cl2N3OS2.ClH/c1-3-28-20-24-18-8-7-13(26-2)11-14(18)19(25-20)23-9-10-27-12-15-16(21)5-4-6-17(15)22;/h4-8,11H,3,9-10,12H2,1-2H3,(H,23,24,25);1H. The quantitative estimate of drug-likeness (QED) is 0.202. The van der Waals surface area contributed by atoms with Crippen molar-refractivity contribution < 1.29 is 4.74 Å². The van der Waals surface area contributed by atoms with Gasteiger partial charge >= 0.3 is 0 Å². The third-order valence-corrected chi connectivity index (χ3v) is 6.43. The highest BCUT2D eigenvalue weighted by Crippen LogP contribution is 2.29. The predicted molar refractivity (Wildman–Crippen MR) is 131 cm³/mol. The van der Waals surface area contributed by atoms with Crippen molar-refractivity contribution in [2.45, 2.75) is 17.8 Å². The van der Waals surface area contributed by atoms with Gasteiger partial charge in [-0.2, -0.15) is 11.8 Å². The molecule has 0 spiro atoms. The Labute approximate surface area is 195 Å². The smallest absolute Gasteiger partial charge is 0.190 e. The number of rotatable bonds is 9. The molecule has 4 nitrogen and oxygen atoms in total. The van der Waals surface area contributed by atoms with Crippen LogP contribution in [0.5, 0.6) is 5.75 Å². The van der Waals surface area contributed by atoms with Crippen LogP contribution in [0.2, 0.25) is 10.0 Å². The fraction of sp³-hybridized carbons (Fsp3) is 0.300. The van der Waals surface area contributed by atoms with E-state index in [0.717, 1.165) is 57.0 Å². The molecule has 0 fully saturated rings. The van der Waals surface area contributed by atoms with Crippen LogP contribution in [0.15, 0.2) is 41.6 Å². The van der Waals surface area contributed by atoms with E-state index in [1.807, 2.05) is 36.4 Å². The number of hydrogen-bond donors (Lipinski definition) is 1. The van der Waals surface area contributed by atoms with Crippen LogP contribution in [0, 0.1) is 0 Å². The average molecular weight is 491 g/mol. The Morgan fingerprint density at radius 1 is 1.10 bits per heavy atom. The Hall–Kier alpha value is -1.05. The molecule has 0 atom stereocenters. The number of benzene rings is 2. The largest absolute Gasteiger partial charge is 0.497 e. The predicted octanol–water partition coefficient (Wildman–Crippen LogP) is 6.82. The second kappa shape index (κ2) is 12.0. The van der Waals surface area contributed by atoms with Gasteiger partial charge in [-0.25, -0.2) is 9.97 Å². The summed E-state index contributed by atoms with van der Waals surface area (Å²) in [5.41, 5.74) is 1.89. The van der Waals surface area contributed by atoms with E-state index in [-0.39, 0.29) is 12.4 Å². The minimum atomic E-state index is 0. The van der Waals surface area contributed by atoms with Gasteiger partial charge < -0.3 is 10.1 Å². The average Bonchev–Trinajstić information content (AvgIpc) is 2.69. The SMILES string of the molecule is CCSc1nc(NCCSCc2c(Cl)cccc2Cl)c2cc(OC)ccc2n1.Cl. The van der Waals surface area contributed by atoms with Gasteiger partial charge in [0.15, 0.2) is 5.16 Å². The zero-order valence-electron chi connectivity index (χ0n) is 16.1. The summed E-state index contributed by atoms with van der Waals surface area (Å²) in [4.78, 5) is 9.31. The Morgan fingerprint density at radius 3 is 2.55 bits per heavy atom. The van der Waals surface area contributed by atoms with Gasteiger partial charge in [-0.1, -0.05) is 48.0 Å².